The molecule has 0 aliphatic heterocycles. The zero-order valence-corrected chi connectivity index (χ0v) is 8.40. The molecule has 0 saturated heterocycles. The number of benzene rings is 1. The molecule has 1 aromatic rings. The average molecular weight is 211 g/mol. The second kappa shape index (κ2) is 5.16. The van der Waals surface area contributed by atoms with Crippen molar-refractivity contribution in [3.63, 3.8) is 0 Å². The third-order valence-electron chi connectivity index (χ3n) is 1.86. The number of nitrogens with one attached hydrogen (secondary N) is 1. The number of rotatable bonds is 5. The number of para-hydroxylation sites is 1. The third kappa shape index (κ3) is 2.57. The van der Waals surface area contributed by atoms with Crippen molar-refractivity contribution >= 4 is 11.4 Å². The molecule has 0 radical (unpaired) electrons. The molecule has 1 rings (SSSR count). The van der Waals surface area contributed by atoms with E-state index in [9.17, 15) is 10.1 Å². The van der Waals surface area contributed by atoms with E-state index in [-0.39, 0.29) is 11.4 Å². The van der Waals surface area contributed by atoms with Gasteiger partial charge in [0.05, 0.1) is 12.0 Å². The highest BCUT2D eigenvalue weighted by Crippen LogP contribution is 2.34. The lowest BCUT2D eigenvalue weighted by atomic mass is 10.2. The molecule has 0 heterocycles. The monoisotopic (exact) mass is 211 g/mol. The number of hydrogen-bond donors (Lipinski definition) is 2. The first-order chi connectivity index (χ1) is 7.20. The Hall–Kier alpha value is -1.82. The zero-order valence-electron chi connectivity index (χ0n) is 8.40. The number of nitrogens with two attached hydrogens (primary N) is 1. The average Bonchev–Trinajstić information content (AvgIpc) is 2.25. The summed E-state index contributed by atoms with van der Waals surface area (Å²) in [6, 6.07) is 4.85. The van der Waals surface area contributed by atoms with E-state index in [0.717, 1.165) is 0 Å². The molecule has 82 valence electrons. The molecule has 0 amide bonds. The van der Waals surface area contributed by atoms with Gasteiger partial charge in [-0.3, -0.25) is 10.1 Å². The van der Waals surface area contributed by atoms with Crippen LogP contribution in [0.4, 0.5) is 11.4 Å². The van der Waals surface area contributed by atoms with E-state index >= 15 is 0 Å². The highest BCUT2D eigenvalue weighted by molar-refractivity contribution is 5.68. The largest absolute Gasteiger partial charge is 0.490 e. The molecular weight excluding hydrogens is 198 g/mol. The van der Waals surface area contributed by atoms with E-state index in [1.54, 1.807) is 18.2 Å². The van der Waals surface area contributed by atoms with Gasteiger partial charge in [0.15, 0.2) is 5.75 Å². The number of anilines is 1. The van der Waals surface area contributed by atoms with Gasteiger partial charge in [-0.25, -0.2) is 0 Å². The molecule has 0 aromatic heterocycles. The van der Waals surface area contributed by atoms with Gasteiger partial charge in [0, 0.05) is 13.1 Å². The van der Waals surface area contributed by atoms with Crippen molar-refractivity contribution < 1.29 is 9.66 Å². The Kier molecular flexibility index (Phi) is 3.87. The zero-order chi connectivity index (χ0) is 11.3. The highest BCUT2D eigenvalue weighted by Gasteiger charge is 2.19. The number of nitrogens with zero attached hydrogens (tertiary/aromatic N) is 1. The predicted octanol–water partition coefficient (Wildman–Crippen LogP) is 0.974. The van der Waals surface area contributed by atoms with Crippen molar-refractivity contribution in [3.8, 4) is 5.75 Å². The summed E-state index contributed by atoms with van der Waals surface area (Å²) < 4.78 is 4.91. The summed E-state index contributed by atoms with van der Waals surface area (Å²) in [6.45, 7) is 0.891. The molecule has 15 heavy (non-hydrogen) atoms. The summed E-state index contributed by atoms with van der Waals surface area (Å²) in [5.41, 5.74) is 5.67. The molecule has 1 aromatic carbocycles. The second-order valence-electron chi connectivity index (χ2n) is 2.83. The van der Waals surface area contributed by atoms with Gasteiger partial charge in [-0.15, -0.1) is 0 Å². The van der Waals surface area contributed by atoms with Crippen LogP contribution in [0.1, 0.15) is 0 Å². The molecule has 3 N–H and O–H groups in total. The van der Waals surface area contributed by atoms with E-state index in [4.69, 9.17) is 10.5 Å². The molecule has 0 aliphatic carbocycles. The second-order valence-corrected chi connectivity index (χ2v) is 2.83. The molecule has 0 spiro atoms. The smallest absolute Gasteiger partial charge is 0.333 e. The molecule has 6 heteroatoms. The fourth-order valence-electron chi connectivity index (χ4n) is 1.22. The third-order valence-corrected chi connectivity index (χ3v) is 1.86. The Bertz CT molecular complexity index is 354. The topological polar surface area (TPSA) is 90.4 Å². The highest BCUT2D eigenvalue weighted by atomic mass is 16.6. The lowest BCUT2D eigenvalue weighted by Crippen LogP contribution is -2.14. The lowest BCUT2D eigenvalue weighted by Gasteiger charge is -2.08. The van der Waals surface area contributed by atoms with E-state index in [2.05, 4.69) is 5.32 Å². The number of nitro groups is 1. The van der Waals surface area contributed by atoms with E-state index < -0.39 is 4.92 Å². The Balaban J connectivity index is 3.07. The van der Waals surface area contributed by atoms with Crippen molar-refractivity contribution in [1.82, 2.24) is 0 Å². The van der Waals surface area contributed by atoms with Gasteiger partial charge in [-0.05, 0) is 12.1 Å². The maximum absolute atomic E-state index is 10.8. The molecule has 6 nitrogen and oxygen atoms in total. The SMILES string of the molecule is COc1cccc(NCCN)c1[N+](=O)[O-]. The maximum Gasteiger partial charge on any atom is 0.333 e. The minimum atomic E-state index is -0.475. The molecule has 0 atom stereocenters. The predicted molar refractivity (Wildman–Crippen MR) is 57.2 cm³/mol. The van der Waals surface area contributed by atoms with Gasteiger partial charge < -0.3 is 15.8 Å². The van der Waals surface area contributed by atoms with Crippen LogP contribution in [0.15, 0.2) is 18.2 Å². The van der Waals surface area contributed by atoms with Gasteiger partial charge in [0.2, 0.25) is 0 Å². The van der Waals surface area contributed by atoms with E-state index in [0.29, 0.717) is 18.8 Å². The fraction of sp³-hybridized carbons (Fsp3) is 0.333. The summed E-state index contributed by atoms with van der Waals surface area (Å²) in [7, 11) is 1.40. The van der Waals surface area contributed by atoms with Crippen LogP contribution in [-0.2, 0) is 0 Å². The summed E-state index contributed by atoms with van der Waals surface area (Å²) in [5.74, 6) is 0.238. The first-order valence-electron chi connectivity index (χ1n) is 4.46. The van der Waals surface area contributed by atoms with Crippen LogP contribution >= 0.6 is 0 Å². The van der Waals surface area contributed by atoms with Crippen LogP contribution in [0.5, 0.6) is 5.75 Å². The summed E-state index contributed by atoms with van der Waals surface area (Å²) >= 11 is 0. The van der Waals surface area contributed by atoms with Crippen LogP contribution in [0.3, 0.4) is 0 Å². The maximum atomic E-state index is 10.8. The Morgan fingerprint density at radius 3 is 2.87 bits per heavy atom. The fourth-order valence-corrected chi connectivity index (χ4v) is 1.22. The summed E-state index contributed by atoms with van der Waals surface area (Å²) in [4.78, 5) is 10.3. The van der Waals surface area contributed by atoms with Gasteiger partial charge in [0.1, 0.15) is 5.69 Å². The normalized spacial score (nSPS) is 9.73. The van der Waals surface area contributed by atoms with Crippen LogP contribution in [0.2, 0.25) is 0 Å². The minimum Gasteiger partial charge on any atom is -0.490 e. The van der Waals surface area contributed by atoms with Crippen molar-refractivity contribution in [2.24, 2.45) is 5.73 Å². The first kappa shape index (κ1) is 11.3. The molecular formula is C9H13N3O3. The molecule has 0 fully saturated rings. The summed E-state index contributed by atoms with van der Waals surface area (Å²) in [5, 5.41) is 13.7. The molecule has 0 bridgehead atoms. The van der Waals surface area contributed by atoms with Gasteiger partial charge >= 0.3 is 5.69 Å². The molecule has 0 unspecified atom stereocenters. The van der Waals surface area contributed by atoms with Gasteiger partial charge in [-0.1, -0.05) is 6.07 Å². The standard InChI is InChI=1S/C9H13N3O3/c1-15-8-4-2-3-7(11-6-5-10)9(8)12(13)14/h2-4,11H,5-6,10H2,1H3. The minimum absolute atomic E-state index is 0.0616. The van der Waals surface area contributed by atoms with Crippen LogP contribution in [0.25, 0.3) is 0 Å². The Labute approximate surface area is 87.2 Å². The van der Waals surface area contributed by atoms with Gasteiger partial charge in [-0.2, -0.15) is 0 Å². The van der Waals surface area contributed by atoms with Crippen molar-refractivity contribution in [3.05, 3.63) is 28.3 Å². The summed E-state index contributed by atoms with van der Waals surface area (Å²) in [6.07, 6.45) is 0. The number of nitro benzene ring substituents is 1. The Morgan fingerprint density at radius 1 is 1.60 bits per heavy atom. The quantitative estimate of drug-likeness (QED) is 0.559. The van der Waals surface area contributed by atoms with Crippen molar-refractivity contribution in [1.29, 1.82) is 0 Å². The number of ether oxygens (including phenoxy) is 1. The number of hydrogen-bond acceptors (Lipinski definition) is 5. The van der Waals surface area contributed by atoms with Gasteiger partial charge in [0.25, 0.3) is 0 Å². The Morgan fingerprint density at radius 2 is 2.33 bits per heavy atom. The van der Waals surface area contributed by atoms with Crippen LogP contribution < -0.4 is 15.8 Å². The molecule has 0 aliphatic rings. The van der Waals surface area contributed by atoms with Crippen LogP contribution in [0, 0.1) is 10.1 Å². The van der Waals surface area contributed by atoms with Crippen LogP contribution in [-0.4, -0.2) is 25.1 Å². The van der Waals surface area contributed by atoms with E-state index in [1.165, 1.54) is 7.11 Å². The van der Waals surface area contributed by atoms with Crippen molar-refractivity contribution in [2.45, 2.75) is 0 Å². The van der Waals surface area contributed by atoms with E-state index in [1.807, 2.05) is 0 Å². The molecule has 0 saturated carbocycles. The lowest BCUT2D eigenvalue weighted by molar-refractivity contribution is -0.384. The van der Waals surface area contributed by atoms with Crippen molar-refractivity contribution in [2.75, 3.05) is 25.5 Å². The first-order valence-corrected chi connectivity index (χ1v) is 4.46. The number of methoxy groups -OCH3 is 1.